The molecule has 0 aromatic carbocycles. The third kappa shape index (κ3) is 18.6. The Morgan fingerprint density at radius 2 is 1.32 bits per heavy atom. The van der Waals surface area contributed by atoms with Crippen molar-refractivity contribution >= 4 is 12.1 Å². The highest BCUT2D eigenvalue weighted by Gasteiger charge is 2.26. The van der Waals surface area contributed by atoms with Gasteiger partial charge in [-0.15, -0.1) is 0 Å². The minimum Gasteiger partial charge on any atom is -0.449 e. The van der Waals surface area contributed by atoms with E-state index in [4.69, 9.17) is 4.74 Å². The summed E-state index contributed by atoms with van der Waals surface area (Å²) in [6.07, 6.45) is 25.2. The van der Waals surface area contributed by atoms with Crippen LogP contribution < -0.4 is 16.0 Å². The van der Waals surface area contributed by atoms with Crippen LogP contribution in [0.25, 0.3) is 0 Å². The monoisotopic (exact) mass is 580 g/mol. The number of alkyl carbamates (subject to hydrolysis) is 1. The van der Waals surface area contributed by atoms with Crippen LogP contribution >= 0.6 is 0 Å². The second-order valence-corrected chi connectivity index (χ2v) is 12.3. The van der Waals surface area contributed by atoms with E-state index in [0.717, 1.165) is 71.5 Å². The van der Waals surface area contributed by atoms with Gasteiger partial charge in [0.25, 0.3) is 0 Å². The van der Waals surface area contributed by atoms with Gasteiger partial charge in [-0.3, -0.25) is 4.90 Å². The standard InChI is InChI=1S/C33H65N5O3/c1-2-3-4-5-6-7-8-9-10-11-12-13-14-15-16-18-22-35-32(39)38-26-19-17-20-31(38)21-30-41-33(40)36-25-29-37-27-23-34-24-28-37/h31,34H,2-30H2,1H3,(H,35,39)(H,36,40). The van der Waals surface area contributed by atoms with E-state index in [1.54, 1.807) is 0 Å². The number of hydrogen-bond acceptors (Lipinski definition) is 5. The van der Waals surface area contributed by atoms with Crippen molar-refractivity contribution in [1.29, 1.82) is 0 Å². The molecule has 8 nitrogen and oxygen atoms in total. The van der Waals surface area contributed by atoms with Gasteiger partial charge >= 0.3 is 12.1 Å². The van der Waals surface area contributed by atoms with E-state index in [9.17, 15) is 9.59 Å². The summed E-state index contributed by atoms with van der Waals surface area (Å²) >= 11 is 0. The van der Waals surface area contributed by atoms with Crippen LogP contribution in [0.15, 0.2) is 0 Å². The third-order valence-electron chi connectivity index (χ3n) is 8.79. The quantitative estimate of drug-likeness (QED) is 0.116. The Hall–Kier alpha value is -1.54. The van der Waals surface area contributed by atoms with Gasteiger partial charge in [0.15, 0.2) is 0 Å². The molecule has 2 fully saturated rings. The molecule has 2 aliphatic heterocycles. The van der Waals surface area contributed by atoms with Crippen molar-refractivity contribution in [2.75, 3.05) is 59.0 Å². The number of likely N-dealkylation sites (tertiary alicyclic amines) is 1. The molecule has 2 aliphatic rings. The van der Waals surface area contributed by atoms with Crippen LogP contribution in [0.3, 0.4) is 0 Å². The summed E-state index contributed by atoms with van der Waals surface area (Å²) in [6, 6.07) is 0.208. The fraction of sp³-hybridized carbons (Fsp3) is 0.939. The zero-order valence-corrected chi connectivity index (χ0v) is 26.7. The van der Waals surface area contributed by atoms with E-state index < -0.39 is 0 Å². The lowest BCUT2D eigenvalue weighted by Gasteiger charge is -2.35. The second kappa shape index (κ2) is 25.0. The van der Waals surface area contributed by atoms with E-state index >= 15 is 0 Å². The number of piperazine rings is 1. The molecule has 8 heteroatoms. The number of piperidine rings is 1. The maximum Gasteiger partial charge on any atom is 0.407 e. The number of unbranched alkanes of at least 4 members (excludes halogenated alkanes) is 15. The maximum absolute atomic E-state index is 12.8. The smallest absolute Gasteiger partial charge is 0.407 e. The molecule has 3 amide bonds. The minimum atomic E-state index is -0.351. The average Bonchev–Trinajstić information content (AvgIpc) is 2.99. The molecule has 0 radical (unpaired) electrons. The first kappa shape index (κ1) is 35.7. The van der Waals surface area contributed by atoms with Crippen LogP contribution in [0.4, 0.5) is 9.59 Å². The number of amides is 3. The van der Waals surface area contributed by atoms with E-state index in [2.05, 4.69) is 27.8 Å². The van der Waals surface area contributed by atoms with Crippen molar-refractivity contribution in [2.24, 2.45) is 0 Å². The minimum absolute atomic E-state index is 0.0520. The van der Waals surface area contributed by atoms with Crippen LogP contribution in [-0.4, -0.2) is 86.9 Å². The molecular formula is C33H65N5O3. The fourth-order valence-electron chi connectivity index (χ4n) is 6.13. The Kier molecular flexibility index (Phi) is 21.7. The lowest BCUT2D eigenvalue weighted by atomic mass is 10.00. The Balaban J connectivity index is 1.40. The van der Waals surface area contributed by atoms with E-state index in [1.165, 1.54) is 96.3 Å². The van der Waals surface area contributed by atoms with Gasteiger partial charge in [-0.2, -0.15) is 0 Å². The molecule has 0 aliphatic carbocycles. The van der Waals surface area contributed by atoms with Crippen LogP contribution in [0, 0.1) is 0 Å². The first-order valence-electron chi connectivity index (χ1n) is 17.6. The molecule has 240 valence electrons. The van der Waals surface area contributed by atoms with E-state index in [0.29, 0.717) is 19.6 Å². The van der Waals surface area contributed by atoms with Crippen molar-refractivity contribution in [1.82, 2.24) is 25.8 Å². The fourth-order valence-corrected chi connectivity index (χ4v) is 6.13. The van der Waals surface area contributed by atoms with E-state index in [1.807, 2.05) is 4.90 Å². The highest BCUT2D eigenvalue weighted by atomic mass is 16.5. The molecule has 1 unspecified atom stereocenters. The molecule has 0 spiro atoms. The molecule has 0 saturated carbocycles. The Labute approximate surface area is 252 Å². The summed E-state index contributed by atoms with van der Waals surface area (Å²) in [5.41, 5.74) is 0. The van der Waals surface area contributed by atoms with Gasteiger partial charge in [0.05, 0.1) is 6.61 Å². The lowest BCUT2D eigenvalue weighted by Crippen LogP contribution is -2.49. The number of ether oxygens (including phenoxy) is 1. The third-order valence-corrected chi connectivity index (χ3v) is 8.79. The summed E-state index contributed by atoms with van der Waals surface area (Å²) < 4.78 is 5.42. The van der Waals surface area contributed by atoms with Gasteiger partial charge in [0.2, 0.25) is 0 Å². The number of carbonyl (C=O) groups is 2. The SMILES string of the molecule is CCCCCCCCCCCCCCCCCCNC(=O)N1CCCCC1CCOC(=O)NCCN1CCNCC1. The predicted octanol–water partition coefficient (Wildman–Crippen LogP) is 6.83. The largest absolute Gasteiger partial charge is 0.449 e. The molecule has 0 aromatic heterocycles. The summed E-state index contributed by atoms with van der Waals surface area (Å²) in [5, 5.41) is 9.34. The van der Waals surface area contributed by atoms with E-state index in [-0.39, 0.29) is 18.2 Å². The Bertz CT molecular complexity index is 644. The molecule has 2 heterocycles. The summed E-state index contributed by atoms with van der Waals surface area (Å²) in [4.78, 5) is 29.2. The average molecular weight is 580 g/mol. The number of rotatable bonds is 23. The molecule has 41 heavy (non-hydrogen) atoms. The highest BCUT2D eigenvalue weighted by molar-refractivity contribution is 5.74. The summed E-state index contributed by atoms with van der Waals surface area (Å²) in [5.74, 6) is 0. The molecular weight excluding hydrogens is 514 g/mol. The number of carbonyl (C=O) groups excluding carboxylic acids is 2. The van der Waals surface area contributed by atoms with Gasteiger partial charge in [-0.25, -0.2) is 9.59 Å². The van der Waals surface area contributed by atoms with Crippen molar-refractivity contribution in [3.63, 3.8) is 0 Å². The first-order valence-corrected chi connectivity index (χ1v) is 17.6. The first-order chi connectivity index (χ1) is 20.2. The van der Waals surface area contributed by atoms with Gasteiger partial charge in [0.1, 0.15) is 0 Å². The Morgan fingerprint density at radius 3 is 1.93 bits per heavy atom. The summed E-state index contributed by atoms with van der Waals surface area (Å²) in [6.45, 7) is 9.72. The molecule has 2 saturated heterocycles. The van der Waals surface area contributed by atoms with Gasteiger partial charge in [-0.05, 0) is 25.7 Å². The van der Waals surface area contributed by atoms with Gasteiger partial charge in [0, 0.05) is 64.8 Å². The van der Waals surface area contributed by atoms with Crippen molar-refractivity contribution in [3.05, 3.63) is 0 Å². The van der Waals surface area contributed by atoms with Crippen LogP contribution in [0.2, 0.25) is 0 Å². The van der Waals surface area contributed by atoms with Gasteiger partial charge in [-0.1, -0.05) is 103 Å². The number of nitrogens with zero attached hydrogens (tertiary/aromatic N) is 2. The molecule has 2 rings (SSSR count). The lowest BCUT2D eigenvalue weighted by molar-refractivity contribution is 0.111. The van der Waals surface area contributed by atoms with Gasteiger partial charge < -0.3 is 25.6 Å². The zero-order chi connectivity index (χ0) is 29.2. The number of nitrogens with one attached hydrogen (secondary N) is 3. The molecule has 0 aromatic rings. The summed E-state index contributed by atoms with van der Waals surface area (Å²) in [7, 11) is 0. The second-order valence-electron chi connectivity index (χ2n) is 12.3. The molecule has 3 N–H and O–H groups in total. The topological polar surface area (TPSA) is 85.9 Å². The highest BCUT2D eigenvalue weighted by Crippen LogP contribution is 2.20. The van der Waals surface area contributed by atoms with Crippen molar-refractivity contribution < 1.29 is 14.3 Å². The maximum atomic E-state index is 12.8. The van der Waals surface area contributed by atoms with Crippen LogP contribution in [0.1, 0.15) is 135 Å². The molecule has 1 atom stereocenters. The van der Waals surface area contributed by atoms with Crippen molar-refractivity contribution in [3.8, 4) is 0 Å². The predicted molar refractivity (Wildman–Crippen MR) is 171 cm³/mol. The Morgan fingerprint density at radius 1 is 0.732 bits per heavy atom. The van der Waals surface area contributed by atoms with Crippen molar-refractivity contribution in [2.45, 2.75) is 141 Å². The molecule has 0 bridgehead atoms. The van der Waals surface area contributed by atoms with Crippen LogP contribution in [-0.2, 0) is 4.74 Å². The normalized spacial score (nSPS) is 17.9. The van der Waals surface area contributed by atoms with Crippen LogP contribution in [0.5, 0.6) is 0 Å². The number of urea groups is 1. The number of hydrogen-bond donors (Lipinski definition) is 3. The zero-order valence-electron chi connectivity index (χ0n) is 26.7.